The summed E-state index contributed by atoms with van der Waals surface area (Å²) in [6.07, 6.45) is 4.41. The van der Waals surface area contributed by atoms with E-state index < -0.39 is 37.1 Å². The fourth-order valence-electron chi connectivity index (χ4n) is 2.43. The second-order valence-corrected chi connectivity index (χ2v) is 7.52. The molecule has 0 heterocycles. The lowest BCUT2D eigenvalue weighted by atomic mass is 9.95. The van der Waals surface area contributed by atoms with Crippen LogP contribution in [0.25, 0.3) is 0 Å². The number of halogens is 3. The zero-order valence-electron chi connectivity index (χ0n) is 11.0. The number of hydrogen-bond donors (Lipinski definition) is 1. The zero-order valence-corrected chi connectivity index (χ0v) is 12.6. The highest BCUT2D eigenvalue weighted by molar-refractivity contribution is 8.13. The fourth-order valence-corrected chi connectivity index (χ4v) is 3.34. The molecule has 0 radical (unpaired) electrons. The van der Waals surface area contributed by atoms with E-state index in [1.807, 2.05) is 0 Å². The largest absolute Gasteiger partial charge is 0.349 e. The standard InChI is InChI=1S/C13H14ClF2NO3S/c14-21(19,20)10-7-6-9(15)11(12(10)16)13(18)17-8-4-2-1-3-5-8/h6-8H,1-5H2,(H,17,18). The van der Waals surface area contributed by atoms with Gasteiger partial charge in [0.05, 0.1) is 0 Å². The van der Waals surface area contributed by atoms with E-state index in [-0.39, 0.29) is 6.04 Å². The van der Waals surface area contributed by atoms with Crippen molar-refractivity contribution in [2.24, 2.45) is 0 Å². The van der Waals surface area contributed by atoms with Crippen molar-refractivity contribution in [1.82, 2.24) is 5.32 Å². The summed E-state index contributed by atoms with van der Waals surface area (Å²) < 4.78 is 50.2. The molecule has 8 heteroatoms. The molecule has 1 aliphatic rings. The van der Waals surface area contributed by atoms with E-state index in [2.05, 4.69) is 5.32 Å². The molecule has 0 saturated heterocycles. The van der Waals surface area contributed by atoms with Crippen molar-refractivity contribution in [2.75, 3.05) is 0 Å². The SMILES string of the molecule is O=C(NC1CCCCC1)c1c(F)ccc(S(=O)(=O)Cl)c1F. The Morgan fingerprint density at radius 1 is 1.19 bits per heavy atom. The maximum Gasteiger partial charge on any atom is 0.264 e. The fraction of sp³-hybridized carbons (Fsp3) is 0.462. The summed E-state index contributed by atoms with van der Waals surface area (Å²) in [5.41, 5.74) is -0.915. The van der Waals surface area contributed by atoms with Crippen LogP contribution in [0.15, 0.2) is 17.0 Å². The van der Waals surface area contributed by atoms with Gasteiger partial charge in [-0.3, -0.25) is 4.79 Å². The lowest BCUT2D eigenvalue weighted by Crippen LogP contribution is -2.37. The predicted molar refractivity (Wildman–Crippen MR) is 73.7 cm³/mol. The van der Waals surface area contributed by atoms with Gasteiger partial charge in [0.15, 0.2) is 5.82 Å². The van der Waals surface area contributed by atoms with Gasteiger partial charge >= 0.3 is 0 Å². The van der Waals surface area contributed by atoms with Crippen LogP contribution in [-0.2, 0) is 9.05 Å². The summed E-state index contributed by atoms with van der Waals surface area (Å²) >= 11 is 0. The molecule has 1 N–H and O–H groups in total. The van der Waals surface area contributed by atoms with Gasteiger partial charge in [0.2, 0.25) is 0 Å². The maximum absolute atomic E-state index is 14.1. The summed E-state index contributed by atoms with van der Waals surface area (Å²) in [6.45, 7) is 0. The Morgan fingerprint density at radius 2 is 1.81 bits per heavy atom. The van der Waals surface area contributed by atoms with Gasteiger partial charge in [0, 0.05) is 16.7 Å². The highest BCUT2D eigenvalue weighted by Crippen LogP contribution is 2.25. The zero-order chi connectivity index (χ0) is 15.6. The third kappa shape index (κ3) is 3.71. The highest BCUT2D eigenvalue weighted by Gasteiger charge is 2.27. The Hall–Kier alpha value is -1.21. The molecule has 0 aromatic heterocycles. The lowest BCUT2D eigenvalue weighted by molar-refractivity contribution is 0.0918. The molecule has 2 rings (SSSR count). The van der Waals surface area contributed by atoms with E-state index in [1.54, 1.807) is 0 Å². The van der Waals surface area contributed by atoms with E-state index in [0.717, 1.165) is 32.1 Å². The first-order valence-corrected chi connectivity index (χ1v) is 8.85. The molecule has 1 saturated carbocycles. The van der Waals surface area contributed by atoms with Crippen molar-refractivity contribution in [3.8, 4) is 0 Å². The minimum Gasteiger partial charge on any atom is -0.349 e. The Kier molecular flexibility index (Phi) is 4.83. The first-order chi connectivity index (χ1) is 9.80. The van der Waals surface area contributed by atoms with E-state index in [0.29, 0.717) is 12.1 Å². The van der Waals surface area contributed by atoms with Crippen LogP contribution in [0.3, 0.4) is 0 Å². The van der Waals surface area contributed by atoms with Crippen LogP contribution in [0.2, 0.25) is 0 Å². The van der Waals surface area contributed by atoms with Gasteiger partial charge in [-0.2, -0.15) is 0 Å². The smallest absolute Gasteiger partial charge is 0.264 e. The maximum atomic E-state index is 14.1. The minimum absolute atomic E-state index is 0.152. The molecule has 21 heavy (non-hydrogen) atoms. The van der Waals surface area contributed by atoms with Crippen LogP contribution in [0, 0.1) is 11.6 Å². The van der Waals surface area contributed by atoms with Crippen molar-refractivity contribution in [2.45, 2.75) is 43.0 Å². The molecule has 1 aromatic rings. The van der Waals surface area contributed by atoms with E-state index in [4.69, 9.17) is 10.7 Å². The average molecular weight is 338 g/mol. The molecule has 0 spiro atoms. The van der Waals surface area contributed by atoms with Crippen LogP contribution >= 0.6 is 10.7 Å². The van der Waals surface area contributed by atoms with Gasteiger partial charge in [-0.15, -0.1) is 0 Å². The minimum atomic E-state index is -4.39. The molecule has 1 aliphatic carbocycles. The number of carbonyl (C=O) groups is 1. The Bertz CT molecular complexity index is 658. The molecule has 0 aliphatic heterocycles. The number of hydrogen-bond acceptors (Lipinski definition) is 3. The number of benzene rings is 1. The van der Waals surface area contributed by atoms with Gasteiger partial charge < -0.3 is 5.32 Å². The summed E-state index contributed by atoms with van der Waals surface area (Å²) in [6, 6.07) is 1.26. The molecule has 0 unspecified atom stereocenters. The van der Waals surface area contributed by atoms with Crippen LogP contribution in [0.1, 0.15) is 42.5 Å². The van der Waals surface area contributed by atoms with Crippen LogP contribution in [0.4, 0.5) is 8.78 Å². The summed E-state index contributed by atoms with van der Waals surface area (Å²) in [5, 5.41) is 2.54. The van der Waals surface area contributed by atoms with E-state index >= 15 is 0 Å². The van der Waals surface area contributed by atoms with Gasteiger partial charge in [0.25, 0.3) is 15.0 Å². The quantitative estimate of drug-likeness (QED) is 0.862. The topological polar surface area (TPSA) is 63.2 Å². The van der Waals surface area contributed by atoms with E-state index in [1.165, 1.54) is 0 Å². The average Bonchev–Trinajstić information content (AvgIpc) is 2.38. The molecule has 1 fully saturated rings. The Labute approximate surface area is 125 Å². The molecule has 0 bridgehead atoms. The van der Waals surface area contributed by atoms with Crippen molar-refractivity contribution >= 4 is 25.6 Å². The second-order valence-electron chi connectivity index (χ2n) is 4.98. The number of amides is 1. The van der Waals surface area contributed by atoms with Crippen molar-refractivity contribution in [3.05, 3.63) is 29.3 Å². The monoisotopic (exact) mass is 337 g/mol. The highest BCUT2D eigenvalue weighted by atomic mass is 35.7. The molecule has 0 atom stereocenters. The first-order valence-electron chi connectivity index (χ1n) is 6.54. The van der Waals surface area contributed by atoms with Gasteiger partial charge in [0.1, 0.15) is 16.3 Å². The molecule has 4 nitrogen and oxygen atoms in total. The third-order valence-electron chi connectivity index (χ3n) is 3.49. The first kappa shape index (κ1) is 16.2. The van der Waals surface area contributed by atoms with Crippen molar-refractivity contribution < 1.29 is 22.0 Å². The summed E-state index contributed by atoms with van der Waals surface area (Å²) in [7, 11) is 0.674. The van der Waals surface area contributed by atoms with Crippen LogP contribution < -0.4 is 5.32 Å². The summed E-state index contributed by atoms with van der Waals surface area (Å²) in [4.78, 5) is 11.1. The van der Waals surface area contributed by atoms with Crippen LogP contribution in [-0.4, -0.2) is 20.4 Å². The molecular formula is C13H14ClF2NO3S. The third-order valence-corrected chi connectivity index (χ3v) is 4.83. The molecular weight excluding hydrogens is 324 g/mol. The lowest BCUT2D eigenvalue weighted by Gasteiger charge is -2.23. The molecule has 1 amide bonds. The number of rotatable bonds is 3. The van der Waals surface area contributed by atoms with Gasteiger partial charge in [-0.1, -0.05) is 19.3 Å². The normalized spacial score (nSPS) is 16.7. The van der Waals surface area contributed by atoms with Crippen molar-refractivity contribution in [1.29, 1.82) is 0 Å². The molecule has 1 aromatic carbocycles. The number of nitrogens with one attached hydrogen (secondary N) is 1. The van der Waals surface area contributed by atoms with Gasteiger partial charge in [-0.05, 0) is 25.0 Å². The van der Waals surface area contributed by atoms with Crippen molar-refractivity contribution in [3.63, 3.8) is 0 Å². The number of carbonyl (C=O) groups excluding carboxylic acids is 1. The summed E-state index contributed by atoms with van der Waals surface area (Å²) in [5.74, 6) is -3.54. The molecule has 116 valence electrons. The Morgan fingerprint density at radius 3 is 2.38 bits per heavy atom. The van der Waals surface area contributed by atoms with Crippen LogP contribution in [0.5, 0.6) is 0 Å². The predicted octanol–water partition coefficient (Wildman–Crippen LogP) is 2.95. The van der Waals surface area contributed by atoms with Gasteiger partial charge in [-0.25, -0.2) is 17.2 Å². The Balaban J connectivity index is 2.32. The second kappa shape index (κ2) is 6.27. The van der Waals surface area contributed by atoms with E-state index in [9.17, 15) is 22.0 Å².